The number of hydrogen-bond donors (Lipinski definition) is 1. The predicted molar refractivity (Wildman–Crippen MR) is 62.3 cm³/mol. The molecule has 1 N–H and O–H groups in total. The lowest BCUT2D eigenvalue weighted by atomic mass is 9.94. The van der Waals surface area contributed by atoms with Gasteiger partial charge >= 0.3 is 0 Å². The number of hydrogen-bond acceptors (Lipinski definition) is 2. The summed E-state index contributed by atoms with van der Waals surface area (Å²) in [5.41, 5.74) is 1.22. The highest BCUT2D eigenvalue weighted by Crippen LogP contribution is 2.24. The number of methoxy groups -OCH3 is 1. The Morgan fingerprint density at radius 3 is 2.53 bits per heavy atom. The van der Waals surface area contributed by atoms with Crippen LogP contribution in [0.2, 0.25) is 0 Å². The molecule has 0 heterocycles. The molecule has 2 nitrogen and oxygen atoms in total. The molecule has 0 spiro atoms. The SMILES string of the molecule is C=CC(CCCO)c1ccc(OC)cc1. The van der Waals surface area contributed by atoms with Crippen molar-refractivity contribution in [2.24, 2.45) is 0 Å². The lowest BCUT2D eigenvalue weighted by Crippen LogP contribution is -1.97. The zero-order chi connectivity index (χ0) is 11.1. The van der Waals surface area contributed by atoms with Crippen LogP contribution in [0.4, 0.5) is 0 Å². The molecule has 15 heavy (non-hydrogen) atoms. The number of rotatable bonds is 6. The first-order chi connectivity index (χ1) is 7.31. The molecule has 0 aliphatic heterocycles. The van der Waals surface area contributed by atoms with Crippen LogP contribution in [0.3, 0.4) is 0 Å². The fourth-order valence-electron chi connectivity index (χ4n) is 1.58. The fourth-order valence-corrected chi connectivity index (χ4v) is 1.58. The molecule has 0 saturated carbocycles. The van der Waals surface area contributed by atoms with Crippen molar-refractivity contribution in [1.29, 1.82) is 0 Å². The van der Waals surface area contributed by atoms with Gasteiger partial charge in [-0.1, -0.05) is 18.2 Å². The van der Waals surface area contributed by atoms with E-state index in [4.69, 9.17) is 9.84 Å². The molecule has 1 rings (SSSR count). The second kappa shape index (κ2) is 6.25. The zero-order valence-electron chi connectivity index (χ0n) is 9.15. The van der Waals surface area contributed by atoms with E-state index in [1.165, 1.54) is 5.56 Å². The van der Waals surface area contributed by atoms with Gasteiger partial charge in [0.05, 0.1) is 7.11 Å². The average Bonchev–Trinajstić information content (AvgIpc) is 2.31. The van der Waals surface area contributed by atoms with Crippen LogP contribution in [-0.2, 0) is 0 Å². The number of allylic oxidation sites excluding steroid dienone is 1. The van der Waals surface area contributed by atoms with Gasteiger partial charge in [0.1, 0.15) is 5.75 Å². The molecule has 0 aromatic heterocycles. The first-order valence-electron chi connectivity index (χ1n) is 5.19. The van der Waals surface area contributed by atoms with E-state index >= 15 is 0 Å². The van der Waals surface area contributed by atoms with E-state index in [0.29, 0.717) is 5.92 Å². The van der Waals surface area contributed by atoms with Gasteiger partial charge in [0, 0.05) is 12.5 Å². The molecule has 82 valence electrons. The van der Waals surface area contributed by atoms with Crippen LogP contribution >= 0.6 is 0 Å². The van der Waals surface area contributed by atoms with Gasteiger partial charge in [-0.05, 0) is 30.5 Å². The Hall–Kier alpha value is -1.28. The third-order valence-electron chi connectivity index (χ3n) is 2.50. The minimum absolute atomic E-state index is 0.237. The molecule has 0 saturated heterocycles. The maximum absolute atomic E-state index is 8.79. The molecule has 0 amide bonds. The third-order valence-corrected chi connectivity index (χ3v) is 2.50. The molecule has 0 bridgehead atoms. The standard InChI is InChI=1S/C13H18O2/c1-3-11(5-4-10-14)12-6-8-13(15-2)9-7-12/h3,6-9,11,14H,1,4-5,10H2,2H3. The average molecular weight is 206 g/mol. The van der Waals surface area contributed by atoms with Gasteiger partial charge in [0.25, 0.3) is 0 Å². The van der Waals surface area contributed by atoms with Gasteiger partial charge in [-0.3, -0.25) is 0 Å². The molecule has 1 aromatic rings. The Bertz CT molecular complexity index is 290. The van der Waals surface area contributed by atoms with Crippen LogP contribution in [0.25, 0.3) is 0 Å². The van der Waals surface area contributed by atoms with Crippen LogP contribution in [0.1, 0.15) is 24.3 Å². The minimum Gasteiger partial charge on any atom is -0.497 e. The van der Waals surface area contributed by atoms with Crippen LogP contribution in [0, 0.1) is 0 Å². The van der Waals surface area contributed by atoms with Gasteiger partial charge in [-0.25, -0.2) is 0 Å². The summed E-state index contributed by atoms with van der Waals surface area (Å²) < 4.78 is 5.10. The monoisotopic (exact) mass is 206 g/mol. The molecule has 2 heteroatoms. The van der Waals surface area contributed by atoms with E-state index in [2.05, 4.69) is 6.58 Å². The Morgan fingerprint density at radius 2 is 2.07 bits per heavy atom. The van der Waals surface area contributed by atoms with Crippen LogP contribution in [-0.4, -0.2) is 18.8 Å². The number of aliphatic hydroxyl groups is 1. The van der Waals surface area contributed by atoms with E-state index < -0.39 is 0 Å². The second-order valence-electron chi connectivity index (χ2n) is 3.48. The van der Waals surface area contributed by atoms with Crippen molar-refractivity contribution in [3.05, 3.63) is 42.5 Å². The van der Waals surface area contributed by atoms with Gasteiger partial charge in [0.2, 0.25) is 0 Å². The summed E-state index contributed by atoms with van der Waals surface area (Å²) >= 11 is 0. The summed E-state index contributed by atoms with van der Waals surface area (Å²) in [7, 11) is 1.66. The quantitative estimate of drug-likeness (QED) is 0.725. The molecule has 1 aromatic carbocycles. The summed E-state index contributed by atoms with van der Waals surface area (Å²) in [6.07, 6.45) is 3.67. The number of aliphatic hydroxyl groups excluding tert-OH is 1. The summed E-state index contributed by atoms with van der Waals surface area (Å²) in [6, 6.07) is 7.99. The molecule has 0 aliphatic carbocycles. The summed E-state index contributed by atoms with van der Waals surface area (Å²) in [5.74, 6) is 1.19. The maximum Gasteiger partial charge on any atom is 0.118 e. The molecule has 0 radical (unpaired) electrons. The number of ether oxygens (including phenoxy) is 1. The smallest absolute Gasteiger partial charge is 0.118 e. The van der Waals surface area contributed by atoms with Gasteiger partial charge in [0.15, 0.2) is 0 Å². The third kappa shape index (κ3) is 3.40. The predicted octanol–water partition coefficient (Wildman–Crippen LogP) is 2.74. The summed E-state index contributed by atoms with van der Waals surface area (Å²) in [4.78, 5) is 0. The fraction of sp³-hybridized carbons (Fsp3) is 0.385. The number of benzene rings is 1. The van der Waals surface area contributed by atoms with E-state index in [-0.39, 0.29) is 6.61 Å². The Balaban J connectivity index is 2.69. The van der Waals surface area contributed by atoms with Crippen molar-refractivity contribution in [3.8, 4) is 5.75 Å². The molecular weight excluding hydrogens is 188 g/mol. The largest absolute Gasteiger partial charge is 0.497 e. The van der Waals surface area contributed by atoms with Crippen LogP contribution < -0.4 is 4.74 Å². The van der Waals surface area contributed by atoms with Crippen molar-refractivity contribution in [3.63, 3.8) is 0 Å². The lowest BCUT2D eigenvalue weighted by Gasteiger charge is -2.12. The molecule has 1 unspecified atom stereocenters. The molecule has 1 atom stereocenters. The Labute approximate surface area is 91.2 Å². The minimum atomic E-state index is 0.237. The highest BCUT2D eigenvalue weighted by Gasteiger charge is 2.06. The van der Waals surface area contributed by atoms with Crippen LogP contribution in [0.15, 0.2) is 36.9 Å². The van der Waals surface area contributed by atoms with Gasteiger partial charge in [-0.2, -0.15) is 0 Å². The zero-order valence-corrected chi connectivity index (χ0v) is 9.15. The second-order valence-corrected chi connectivity index (χ2v) is 3.48. The first-order valence-corrected chi connectivity index (χ1v) is 5.19. The molecular formula is C13H18O2. The van der Waals surface area contributed by atoms with Crippen molar-refractivity contribution < 1.29 is 9.84 Å². The normalized spacial score (nSPS) is 12.1. The first kappa shape index (κ1) is 11.8. The van der Waals surface area contributed by atoms with E-state index in [1.54, 1.807) is 7.11 Å². The molecule has 0 fully saturated rings. The topological polar surface area (TPSA) is 29.5 Å². The Kier molecular flexibility index (Phi) is 4.91. The van der Waals surface area contributed by atoms with Crippen LogP contribution in [0.5, 0.6) is 5.75 Å². The summed E-state index contributed by atoms with van der Waals surface area (Å²) in [5, 5.41) is 8.79. The van der Waals surface area contributed by atoms with Gasteiger partial charge in [-0.15, -0.1) is 6.58 Å². The van der Waals surface area contributed by atoms with Crippen molar-refractivity contribution >= 4 is 0 Å². The summed E-state index contributed by atoms with van der Waals surface area (Å²) in [6.45, 7) is 4.06. The van der Waals surface area contributed by atoms with Crippen molar-refractivity contribution in [2.75, 3.05) is 13.7 Å². The lowest BCUT2D eigenvalue weighted by molar-refractivity contribution is 0.282. The Morgan fingerprint density at radius 1 is 1.40 bits per heavy atom. The van der Waals surface area contributed by atoms with E-state index in [1.807, 2.05) is 30.3 Å². The van der Waals surface area contributed by atoms with E-state index in [0.717, 1.165) is 18.6 Å². The highest BCUT2D eigenvalue weighted by molar-refractivity contribution is 5.31. The maximum atomic E-state index is 8.79. The van der Waals surface area contributed by atoms with Gasteiger partial charge < -0.3 is 9.84 Å². The van der Waals surface area contributed by atoms with Crippen molar-refractivity contribution in [1.82, 2.24) is 0 Å². The molecule has 0 aliphatic rings. The highest BCUT2D eigenvalue weighted by atomic mass is 16.5. The van der Waals surface area contributed by atoms with E-state index in [9.17, 15) is 0 Å². The van der Waals surface area contributed by atoms with Crippen molar-refractivity contribution in [2.45, 2.75) is 18.8 Å².